The van der Waals surface area contributed by atoms with Crippen LogP contribution in [0.1, 0.15) is 22.0 Å². The van der Waals surface area contributed by atoms with Crippen molar-refractivity contribution in [2.45, 2.75) is 6.43 Å². The van der Waals surface area contributed by atoms with Gasteiger partial charge in [-0.05, 0) is 28.1 Å². The zero-order valence-electron chi connectivity index (χ0n) is 10.1. The van der Waals surface area contributed by atoms with E-state index in [-0.39, 0.29) is 17.4 Å². The molecule has 2 amide bonds. The van der Waals surface area contributed by atoms with E-state index in [2.05, 4.69) is 36.8 Å². The molecule has 0 saturated carbocycles. The van der Waals surface area contributed by atoms with Crippen LogP contribution in [0.15, 0.2) is 21.2 Å². The number of rotatable bonds is 5. The van der Waals surface area contributed by atoms with E-state index in [0.29, 0.717) is 16.0 Å². The van der Waals surface area contributed by atoms with E-state index in [9.17, 15) is 18.4 Å². The van der Waals surface area contributed by atoms with Gasteiger partial charge >= 0.3 is 0 Å². The third-order valence-electron chi connectivity index (χ3n) is 2.08. The molecule has 0 aromatic carbocycles. The van der Waals surface area contributed by atoms with Crippen LogP contribution in [0.3, 0.4) is 0 Å². The highest BCUT2D eigenvalue weighted by atomic mass is 79.9. The Labute approximate surface area is 128 Å². The number of halogens is 3. The Morgan fingerprint density at radius 3 is 2.71 bits per heavy atom. The summed E-state index contributed by atoms with van der Waals surface area (Å²) in [6, 6.07) is 2.96. The Morgan fingerprint density at radius 2 is 2.14 bits per heavy atom. The molecule has 0 atom stereocenters. The van der Waals surface area contributed by atoms with Gasteiger partial charge in [0, 0.05) is 0 Å². The maximum absolute atomic E-state index is 12.3. The van der Waals surface area contributed by atoms with Crippen molar-refractivity contribution in [3.8, 4) is 0 Å². The van der Waals surface area contributed by atoms with E-state index in [4.69, 9.17) is 4.42 Å². The largest absolute Gasteiger partial charge is 0.444 e. The van der Waals surface area contributed by atoms with Crippen LogP contribution in [0.25, 0.3) is 0 Å². The predicted molar refractivity (Wildman–Crippen MR) is 72.2 cm³/mol. The molecule has 2 rings (SSSR count). The first-order chi connectivity index (χ1) is 9.95. The molecule has 0 aliphatic carbocycles. The fourth-order valence-electron chi connectivity index (χ4n) is 1.22. The lowest BCUT2D eigenvalue weighted by atomic mass is 10.4. The molecule has 0 radical (unpaired) electrons. The van der Waals surface area contributed by atoms with E-state index >= 15 is 0 Å². The van der Waals surface area contributed by atoms with Gasteiger partial charge in [-0.25, -0.2) is 8.78 Å². The van der Waals surface area contributed by atoms with Gasteiger partial charge in [0.1, 0.15) is 0 Å². The highest BCUT2D eigenvalue weighted by molar-refractivity contribution is 9.10. The predicted octanol–water partition coefficient (Wildman–Crippen LogP) is 2.20. The second kappa shape index (κ2) is 6.72. The van der Waals surface area contributed by atoms with Gasteiger partial charge in [0.25, 0.3) is 12.3 Å². The molecule has 0 unspecified atom stereocenters. The molecule has 0 aliphatic heterocycles. The minimum absolute atomic E-state index is 0.0329. The van der Waals surface area contributed by atoms with Gasteiger partial charge < -0.3 is 9.73 Å². The molecule has 2 aromatic heterocycles. The van der Waals surface area contributed by atoms with Crippen molar-refractivity contribution in [2.75, 3.05) is 11.9 Å². The number of amides is 2. The van der Waals surface area contributed by atoms with Crippen LogP contribution in [0.4, 0.5) is 13.9 Å². The summed E-state index contributed by atoms with van der Waals surface area (Å²) in [5, 5.41) is 10.6. The van der Waals surface area contributed by atoms with Crippen molar-refractivity contribution in [3.63, 3.8) is 0 Å². The number of carbonyl (C=O) groups excluding carboxylic acids is 2. The van der Waals surface area contributed by atoms with Crippen LogP contribution < -0.4 is 10.6 Å². The van der Waals surface area contributed by atoms with Crippen LogP contribution in [0.2, 0.25) is 0 Å². The molecular formula is C10H7BrF2N4O3S. The summed E-state index contributed by atoms with van der Waals surface area (Å²) in [5.41, 5.74) is 0. The van der Waals surface area contributed by atoms with Crippen LogP contribution in [0.5, 0.6) is 0 Å². The van der Waals surface area contributed by atoms with Gasteiger partial charge in [-0.15, -0.1) is 10.2 Å². The molecule has 2 aromatic rings. The van der Waals surface area contributed by atoms with Gasteiger partial charge in [-0.2, -0.15) is 0 Å². The van der Waals surface area contributed by atoms with E-state index < -0.39 is 23.2 Å². The van der Waals surface area contributed by atoms with E-state index in [1.165, 1.54) is 12.1 Å². The molecule has 7 nitrogen and oxygen atoms in total. The summed E-state index contributed by atoms with van der Waals surface area (Å²) >= 11 is 3.60. The molecule has 0 spiro atoms. The SMILES string of the molecule is O=C(CNC(=O)c1ccc(Br)o1)Nc1nnc(C(F)F)s1. The lowest BCUT2D eigenvalue weighted by molar-refractivity contribution is -0.115. The smallest absolute Gasteiger partial charge is 0.291 e. The van der Waals surface area contributed by atoms with Crippen LogP contribution in [-0.2, 0) is 4.79 Å². The van der Waals surface area contributed by atoms with Crippen molar-refractivity contribution in [3.05, 3.63) is 27.6 Å². The van der Waals surface area contributed by atoms with Gasteiger partial charge in [0.15, 0.2) is 15.4 Å². The number of nitrogens with zero attached hydrogens (tertiary/aromatic N) is 2. The summed E-state index contributed by atoms with van der Waals surface area (Å²) in [4.78, 5) is 23.1. The van der Waals surface area contributed by atoms with Crippen molar-refractivity contribution in [2.24, 2.45) is 0 Å². The number of carbonyl (C=O) groups is 2. The molecule has 11 heteroatoms. The number of aromatic nitrogens is 2. The Morgan fingerprint density at radius 1 is 1.38 bits per heavy atom. The Balaban J connectivity index is 1.83. The van der Waals surface area contributed by atoms with Crippen molar-refractivity contribution >= 4 is 44.2 Å². The Hall–Kier alpha value is -1.88. The zero-order chi connectivity index (χ0) is 15.4. The third-order valence-corrected chi connectivity index (χ3v) is 3.35. The molecule has 0 fully saturated rings. The van der Waals surface area contributed by atoms with Crippen LogP contribution >= 0.6 is 27.3 Å². The van der Waals surface area contributed by atoms with Crippen molar-refractivity contribution in [1.29, 1.82) is 0 Å². The lowest BCUT2D eigenvalue weighted by Crippen LogP contribution is -2.32. The third kappa shape index (κ3) is 4.29. The van der Waals surface area contributed by atoms with Gasteiger partial charge in [0.2, 0.25) is 11.0 Å². The monoisotopic (exact) mass is 380 g/mol. The topological polar surface area (TPSA) is 97.1 Å². The minimum atomic E-state index is -2.75. The quantitative estimate of drug-likeness (QED) is 0.828. The fraction of sp³-hybridized carbons (Fsp3) is 0.200. The Bertz CT molecular complexity index is 660. The van der Waals surface area contributed by atoms with Crippen molar-refractivity contribution < 1.29 is 22.8 Å². The number of alkyl halides is 2. The molecule has 21 heavy (non-hydrogen) atoms. The highest BCUT2D eigenvalue weighted by Gasteiger charge is 2.16. The van der Waals surface area contributed by atoms with E-state index in [0.717, 1.165) is 0 Å². The van der Waals surface area contributed by atoms with E-state index in [1.54, 1.807) is 0 Å². The normalized spacial score (nSPS) is 10.7. The summed E-state index contributed by atoms with van der Waals surface area (Å²) in [5.74, 6) is -1.17. The molecule has 0 bridgehead atoms. The summed E-state index contributed by atoms with van der Waals surface area (Å²) in [7, 11) is 0. The number of nitrogens with one attached hydrogen (secondary N) is 2. The average Bonchev–Trinajstić information content (AvgIpc) is 3.05. The number of furan rings is 1. The van der Waals surface area contributed by atoms with Gasteiger partial charge in [-0.3, -0.25) is 14.9 Å². The first-order valence-electron chi connectivity index (χ1n) is 5.40. The van der Waals surface area contributed by atoms with Gasteiger partial charge in [-0.1, -0.05) is 11.3 Å². The maximum atomic E-state index is 12.3. The fourth-order valence-corrected chi connectivity index (χ4v) is 2.14. The average molecular weight is 381 g/mol. The lowest BCUT2D eigenvalue weighted by Gasteiger charge is -2.02. The van der Waals surface area contributed by atoms with Crippen molar-refractivity contribution in [1.82, 2.24) is 15.5 Å². The zero-order valence-corrected chi connectivity index (χ0v) is 12.5. The highest BCUT2D eigenvalue weighted by Crippen LogP contribution is 2.24. The van der Waals surface area contributed by atoms with Gasteiger partial charge in [0.05, 0.1) is 6.54 Å². The minimum Gasteiger partial charge on any atom is -0.444 e. The van der Waals surface area contributed by atoms with E-state index in [1.807, 2.05) is 0 Å². The summed E-state index contributed by atoms with van der Waals surface area (Å²) in [6.07, 6.45) is -2.75. The van der Waals surface area contributed by atoms with Crippen LogP contribution in [-0.4, -0.2) is 28.6 Å². The molecule has 0 saturated heterocycles. The number of hydrogen-bond donors (Lipinski definition) is 2. The molecule has 0 aliphatic rings. The molecule has 2 heterocycles. The number of anilines is 1. The summed E-state index contributed by atoms with van der Waals surface area (Å²) < 4.78 is 29.9. The Kier molecular flexibility index (Phi) is 4.96. The summed E-state index contributed by atoms with van der Waals surface area (Å²) in [6.45, 7) is -0.360. The number of hydrogen-bond acceptors (Lipinski definition) is 6. The second-order valence-electron chi connectivity index (χ2n) is 3.58. The molecule has 2 N–H and O–H groups in total. The first kappa shape index (κ1) is 15.5. The standard InChI is InChI=1S/C10H7BrF2N4O3S/c11-5-2-1-4(20-5)8(19)14-3-6(18)15-10-17-16-9(21-10)7(12)13/h1-2,7H,3H2,(H,14,19)(H,15,17,18). The first-order valence-corrected chi connectivity index (χ1v) is 7.01. The molecular weight excluding hydrogens is 374 g/mol. The second-order valence-corrected chi connectivity index (χ2v) is 5.37. The molecule has 112 valence electrons. The maximum Gasteiger partial charge on any atom is 0.291 e. The van der Waals surface area contributed by atoms with Crippen LogP contribution in [0, 0.1) is 0 Å².